The molecule has 0 spiro atoms. The Morgan fingerprint density at radius 2 is 1.59 bits per heavy atom. The summed E-state index contributed by atoms with van der Waals surface area (Å²) < 4.78 is 30.2. The van der Waals surface area contributed by atoms with Crippen LogP contribution in [0.4, 0.5) is 0 Å². The van der Waals surface area contributed by atoms with Gasteiger partial charge in [-0.15, -0.1) is 4.40 Å². The van der Waals surface area contributed by atoms with Crippen LogP contribution in [0.25, 0.3) is 0 Å². The van der Waals surface area contributed by atoms with Gasteiger partial charge in [0.1, 0.15) is 0 Å². The monoisotopic (exact) mass is 516 g/mol. The smallest absolute Gasteiger partial charge is 0.274 e. The molecule has 0 N–H and O–H groups in total. The van der Waals surface area contributed by atoms with Crippen LogP contribution in [0.3, 0.4) is 0 Å². The third kappa shape index (κ3) is 5.26. The Kier molecular flexibility index (Phi) is 7.23. The molecule has 3 aromatic rings. The van der Waals surface area contributed by atoms with Gasteiger partial charge in [0, 0.05) is 23.0 Å². The number of hydroxylamine groups is 2. The minimum atomic E-state index is -4.06. The van der Waals surface area contributed by atoms with E-state index in [2.05, 4.69) is 4.40 Å². The van der Waals surface area contributed by atoms with Gasteiger partial charge in [0.05, 0.1) is 24.3 Å². The first-order valence-corrected chi connectivity index (χ1v) is 12.5. The molecule has 0 bridgehead atoms. The van der Waals surface area contributed by atoms with Crippen molar-refractivity contribution in [3.8, 4) is 0 Å². The molecule has 10 heteroatoms. The first-order chi connectivity index (χ1) is 16.3. The highest BCUT2D eigenvalue weighted by Gasteiger charge is 2.34. The summed E-state index contributed by atoms with van der Waals surface area (Å²) in [5, 5.41) is 8.63. The molecule has 1 aliphatic rings. The Bertz CT molecular complexity index is 1310. The molecular formula is C24H22Cl2N4O3S. The molecule has 176 valence electrons. The van der Waals surface area contributed by atoms with Crippen LogP contribution in [0.1, 0.15) is 17.0 Å². The first-order valence-electron chi connectivity index (χ1n) is 10.3. The maximum atomic E-state index is 13.1. The predicted molar refractivity (Wildman–Crippen MR) is 135 cm³/mol. The largest absolute Gasteiger partial charge is 0.285 e. The van der Waals surface area contributed by atoms with E-state index in [9.17, 15) is 8.42 Å². The van der Waals surface area contributed by atoms with Crippen LogP contribution >= 0.6 is 23.2 Å². The molecule has 3 aromatic carbocycles. The van der Waals surface area contributed by atoms with Gasteiger partial charge in [0.2, 0.25) is 0 Å². The van der Waals surface area contributed by atoms with E-state index in [0.29, 0.717) is 16.6 Å². The van der Waals surface area contributed by atoms with E-state index in [1.165, 1.54) is 36.4 Å². The third-order valence-corrected chi connectivity index (χ3v) is 7.13. The van der Waals surface area contributed by atoms with Crippen LogP contribution in [0.15, 0.2) is 93.3 Å². The fourth-order valence-electron chi connectivity index (χ4n) is 3.57. The van der Waals surface area contributed by atoms with E-state index in [1.54, 1.807) is 24.2 Å². The number of hydrogen-bond donors (Lipinski definition) is 0. The van der Waals surface area contributed by atoms with Gasteiger partial charge in [-0.25, -0.2) is 10.1 Å². The Labute approximate surface area is 208 Å². The molecule has 0 amide bonds. The molecule has 1 unspecified atom stereocenters. The number of halogens is 2. The molecule has 0 aliphatic carbocycles. The minimum absolute atomic E-state index is 0.0135. The fraction of sp³-hybridized carbons (Fsp3) is 0.167. The van der Waals surface area contributed by atoms with Crippen LogP contribution in [-0.4, -0.2) is 50.9 Å². The summed E-state index contributed by atoms with van der Waals surface area (Å²) in [7, 11) is -1.06. The molecule has 1 aliphatic heterocycles. The van der Waals surface area contributed by atoms with Gasteiger partial charge >= 0.3 is 0 Å². The topological polar surface area (TPSA) is 74.6 Å². The number of sulfonamides is 1. The predicted octanol–water partition coefficient (Wildman–Crippen LogP) is 5.04. The number of guanidine groups is 1. The van der Waals surface area contributed by atoms with Crippen molar-refractivity contribution >= 4 is 44.9 Å². The summed E-state index contributed by atoms with van der Waals surface area (Å²) >= 11 is 12.0. The minimum Gasteiger partial charge on any atom is -0.274 e. The number of hydrazone groups is 1. The number of benzene rings is 3. The van der Waals surface area contributed by atoms with Crippen molar-refractivity contribution in [3.05, 3.63) is 100 Å². The second-order valence-electron chi connectivity index (χ2n) is 7.54. The highest BCUT2D eigenvalue weighted by atomic mass is 35.5. The van der Waals surface area contributed by atoms with Gasteiger partial charge < -0.3 is 0 Å². The van der Waals surface area contributed by atoms with Crippen LogP contribution in [0.2, 0.25) is 10.0 Å². The summed E-state index contributed by atoms with van der Waals surface area (Å²) in [4.78, 5) is 5.33. The lowest BCUT2D eigenvalue weighted by atomic mass is 9.91. The van der Waals surface area contributed by atoms with E-state index in [-0.39, 0.29) is 16.8 Å². The zero-order valence-corrected chi connectivity index (χ0v) is 20.8. The third-order valence-electron chi connectivity index (χ3n) is 5.36. The highest BCUT2D eigenvalue weighted by Crippen LogP contribution is 2.30. The van der Waals surface area contributed by atoms with Gasteiger partial charge in [-0.05, 0) is 47.5 Å². The zero-order chi connectivity index (χ0) is 24.3. The second kappa shape index (κ2) is 10.1. The molecule has 0 aromatic heterocycles. The summed E-state index contributed by atoms with van der Waals surface area (Å²) in [5.74, 6) is -0.0987. The van der Waals surface area contributed by atoms with Gasteiger partial charge in [-0.3, -0.25) is 4.84 Å². The van der Waals surface area contributed by atoms with E-state index >= 15 is 0 Å². The van der Waals surface area contributed by atoms with Crippen molar-refractivity contribution in [3.63, 3.8) is 0 Å². The second-order valence-corrected chi connectivity index (χ2v) is 10.0. The summed E-state index contributed by atoms with van der Waals surface area (Å²) in [6.45, 7) is 0.366. The highest BCUT2D eigenvalue weighted by molar-refractivity contribution is 7.90. The van der Waals surface area contributed by atoms with Gasteiger partial charge in [0.15, 0.2) is 0 Å². The quantitative estimate of drug-likeness (QED) is 0.270. The Morgan fingerprint density at radius 3 is 2.18 bits per heavy atom. The Balaban J connectivity index is 1.79. The van der Waals surface area contributed by atoms with Crippen LogP contribution in [-0.2, 0) is 14.9 Å². The maximum absolute atomic E-state index is 13.1. The summed E-state index contributed by atoms with van der Waals surface area (Å²) in [6.07, 6.45) is 0. The molecule has 0 radical (unpaired) electrons. The van der Waals surface area contributed by atoms with Gasteiger partial charge in [0.25, 0.3) is 16.0 Å². The van der Waals surface area contributed by atoms with Crippen LogP contribution in [0, 0.1) is 0 Å². The van der Waals surface area contributed by atoms with Crippen molar-refractivity contribution in [1.82, 2.24) is 10.1 Å². The summed E-state index contributed by atoms with van der Waals surface area (Å²) in [5.41, 5.74) is 2.68. The average Bonchev–Trinajstić information content (AvgIpc) is 3.28. The summed E-state index contributed by atoms with van der Waals surface area (Å²) in [6, 6.07) is 23.1. The lowest BCUT2D eigenvalue weighted by molar-refractivity contribution is -0.0523. The lowest BCUT2D eigenvalue weighted by Gasteiger charge is -2.24. The zero-order valence-electron chi connectivity index (χ0n) is 18.5. The molecule has 7 nitrogen and oxygen atoms in total. The molecule has 1 heterocycles. The van der Waals surface area contributed by atoms with E-state index in [1.807, 2.05) is 42.5 Å². The molecule has 34 heavy (non-hydrogen) atoms. The molecule has 0 saturated carbocycles. The fourth-order valence-corrected chi connectivity index (χ4v) is 4.83. The Hall–Kier alpha value is -2.91. The van der Waals surface area contributed by atoms with Crippen molar-refractivity contribution in [2.75, 3.05) is 20.7 Å². The average molecular weight is 517 g/mol. The number of nitrogens with zero attached hydrogens (tertiary/aromatic N) is 4. The molecular weight excluding hydrogens is 495 g/mol. The molecule has 1 atom stereocenters. The maximum Gasteiger partial charge on any atom is 0.285 e. The van der Waals surface area contributed by atoms with Crippen LogP contribution < -0.4 is 0 Å². The standard InChI is InChI=1S/C24H22Cl2N4O3S/c1-29(33-2)24(28-34(31,32)21-14-12-20(26)13-15-21)30-16-22(17-6-4-3-5-7-17)23(27-30)18-8-10-19(25)11-9-18/h3-15,22H,16H2,1-2H3/b28-24-. The van der Waals surface area contributed by atoms with Crippen LogP contribution in [0.5, 0.6) is 0 Å². The molecule has 0 saturated heterocycles. The van der Waals surface area contributed by atoms with Crippen molar-refractivity contribution < 1.29 is 13.3 Å². The SMILES string of the molecule is CON(C)/C(=N/S(=O)(=O)c1ccc(Cl)cc1)N1CC(c2ccccc2)C(c2ccc(Cl)cc2)=N1. The molecule has 4 rings (SSSR count). The first kappa shape index (κ1) is 24.2. The lowest BCUT2D eigenvalue weighted by Crippen LogP contribution is -2.39. The number of rotatable bonds is 5. The van der Waals surface area contributed by atoms with Gasteiger partial charge in [-0.1, -0.05) is 65.7 Å². The Morgan fingerprint density at radius 1 is 1.00 bits per heavy atom. The normalized spacial score (nSPS) is 16.5. The van der Waals surface area contributed by atoms with Crippen molar-refractivity contribution in [1.29, 1.82) is 0 Å². The number of hydrogen-bond acceptors (Lipinski definition) is 4. The van der Waals surface area contributed by atoms with E-state index < -0.39 is 10.0 Å². The van der Waals surface area contributed by atoms with E-state index in [4.69, 9.17) is 33.1 Å². The van der Waals surface area contributed by atoms with E-state index in [0.717, 1.165) is 16.8 Å². The molecule has 0 fully saturated rings. The van der Waals surface area contributed by atoms with Gasteiger partial charge in [-0.2, -0.15) is 13.5 Å². The van der Waals surface area contributed by atoms with Crippen molar-refractivity contribution in [2.45, 2.75) is 10.8 Å². The van der Waals surface area contributed by atoms with Crippen molar-refractivity contribution in [2.24, 2.45) is 9.50 Å².